The number of carbonyl (C=O) groups excluding carboxylic acids is 1. The Morgan fingerprint density at radius 1 is 0.878 bits per heavy atom. The van der Waals surface area contributed by atoms with Crippen molar-refractivity contribution in [1.82, 2.24) is 9.55 Å². The number of hydrogen-bond acceptors (Lipinski definition) is 7. The van der Waals surface area contributed by atoms with E-state index in [0.717, 1.165) is 16.7 Å². The number of benzene rings is 3. The predicted octanol–water partition coefficient (Wildman–Crippen LogP) is 4.40. The summed E-state index contributed by atoms with van der Waals surface area (Å²) in [6.07, 6.45) is 1.50. The van der Waals surface area contributed by atoms with Gasteiger partial charge in [0.15, 0.2) is 0 Å². The molecule has 9 nitrogen and oxygen atoms in total. The molecule has 0 saturated carbocycles. The highest BCUT2D eigenvalue weighted by molar-refractivity contribution is 5.91. The summed E-state index contributed by atoms with van der Waals surface area (Å²) in [4.78, 5) is 29.0. The van der Waals surface area contributed by atoms with E-state index in [-0.39, 0.29) is 30.9 Å². The van der Waals surface area contributed by atoms with Gasteiger partial charge in [-0.15, -0.1) is 0 Å². The molecule has 0 fully saturated rings. The Kier molecular flexibility index (Phi) is 9.54. The molecule has 0 aliphatic heterocycles. The molecule has 1 atom stereocenters. The lowest BCUT2D eigenvalue weighted by Gasteiger charge is -2.37. The number of nitrogens with one attached hydrogen (secondary N) is 1. The van der Waals surface area contributed by atoms with Gasteiger partial charge in [0.25, 0.3) is 0 Å². The maximum atomic E-state index is 13.0. The molecular formula is C32H35N3O6. The maximum absolute atomic E-state index is 13.0. The number of methoxy groups -OCH3 is 2. The van der Waals surface area contributed by atoms with Gasteiger partial charge in [-0.05, 0) is 47.0 Å². The highest BCUT2D eigenvalue weighted by Gasteiger charge is 2.38. The van der Waals surface area contributed by atoms with Gasteiger partial charge in [-0.25, -0.2) is 4.79 Å². The Morgan fingerprint density at radius 3 is 1.88 bits per heavy atom. The molecular weight excluding hydrogens is 522 g/mol. The van der Waals surface area contributed by atoms with E-state index < -0.39 is 17.3 Å². The molecule has 9 heteroatoms. The van der Waals surface area contributed by atoms with Crippen molar-refractivity contribution >= 4 is 11.7 Å². The molecule has 0 bridgehead atoms. The number of carbonyl (C=O) groups is 1. The molecule has 214 valence electrons. The number of aliphatic hydroxyl groups is 1. The van der Waals surface area contributed by atoms with Crippen LogP contribution in [0.5, 0.6) is 11.5 Å². The second kappa shape index (κ2) is 13.3. The van der Waals surface area contributed by atoms with Gasteiger partial charge in [0.1, 0.15) is 22.9 Å². The maximum Gasteiger partial charge on any atom is 0.349 e. The lowest BCUT2D eigenvalue weighted by molar-refractivity contribution is -0.118. The average Bonchev–Trinajstić information content (AvgIpc) is 3.01. The first kappa shape index (κ1) is 29.5. The Hall–Kier alpha value is -4.47. The largest absolute Gasteiger partial charge is 0.497 e. The molecule has 0 radical (unpaired) electrons. The van der Waals surface area contributed by atoms with Gasteiger partial charge in [0.05, 0.1) is 33.5 Å². The lowest BCUT2D eigenvalue weighted by atomic mass is 9.80. The first-order chi connectivity index (χ1) is 19.8. The highest BCUT2D eigenvalue weighted by Crippen LogP contribution is 2.42. The first-order valence-corrected chi connectivity index (χ1v) is 13.3. The highest BCUT2D eigenvalue weighted by atomic mass is 16.5. The number of rotatable bonds is 12. The molecule has 1 aromatic heterocycles. The van der Waals surface area contributed by atoms with Gasteiger partial charge in [-0.2, -0.15) is 4.98 Å². The number of anilines is 1. The second-order valence-electron chi connectivity index (χ2n) is 9.80. The Balaban J connectivity index is 1.77. The monoisotopic (exact) mass is 557 g/mol. The molecule has 3 aromatic carbocycles. The standard InChI is InChI=1S/C32H35N3O6/c1-22(2)30(37)33-29-18-19-35(31(38)34-29)26(20-36)21-41-32(23-8-6-5-7-9-23,24-10-14-27(39-3)15-11-24)25-12-16-28(40-4)17-13-25/h5-19,22,26,36H,20-21H2,1-4H3,(H,33,34,37,38)/t26-/m1/s1. The van der Waals surface area contributed by atoms with Crippen LogP contribution in [0.15, 0.2) is 95.9 Å². The third-order valence-corrected chi connectivity index (χ3v) is 6.88. The SMILES string of the molecule is COc1ccc(C(OC[C@@H](CO)n2ccc(NC(=O)C(C)C)nc2=O)(c2ccccc2)c2ccc(OC)cc2)cc1. The number of ether oxygens (including phenoxy) is 3. The van der Waals surface area contributed by atoms with Crippen LogP contribution in [0, 0.1) is 5.92 Å². The van der Waals surface area contributed by atoms with Crippen LogP contribution in [0.2, 0.25) is 0 Å². The van der Waals surface area contributed by atoms with Crippen molar-refractivity contribution in [3.05, 3.63) is 118 Å². The fourth-order valence-electron chi connectivity index (χ4n) is 4.55. The number of nitrogens with zero attached hydrogens (tertiary/aromatic N) is 2. The minimum atomic E-state index is -1.12. The summed E-state index contributed by atoms with van der Waals surface area (Å²) in [6.45, 7) is 3.08. The molecule has 0 spiro atoms. The smallest absolute Gasteiger partial charge is 0.349 e. The number of aliphatic hydroxyl groups excluding tert-OH is 1. The summed E-state index contributed by atoms with van der Waals surface area (Å²) in [5.74, 6) is 1.03. The molecule has 0 unspecified atom stereocenters. The van der Waals surface area contributed by atoms with E-state index in [2.05, 4.69) is 10.3 Å². The molecule has 1 amide bonds. The van der Waals surface area contributed by atoms with Crippen LogP contribution in [0.1, 0.15) is 36.6 Å². The molecule has 0 saturated heterocycles. The van der Waals surface area contributed by atoms with Gasteiger partial charge in [0.2, 0.25) is 5.91 Å². The zero-order valence-corrected chi connectivity index (χ0v) is 23.6. The van der Waals surface area contributed by atoms with Crippen LogP contribution in [-0.2, 0) is 15.1 Å². The molecule has 0 aliphatic carbocycles. The third-order valence-electron chi connectivity index (χ3n) is 6.88. The predicted molar refractivity (Wildman–Crippen MR) is 156 cm³/mol. The minimum absolute atomic E-state index is 0.0389. The summed E-state index contributed by atoms with van der Waals surface area (Å²) in [5, 5.41) is 13.0. The van der Waals surface area contributed by atoms with Crippen LogP contribution in [0.4, 0.5) is 5.82 Å². The van der Waals surface area contributed by atoms with Crippen LogP contribution in [0.3, 0.4) is 0 Å². The summed E-state index contributed by atoms with van der Waals surface area (Å²) < 4.78 is 18.9. The Bertz CT molecular complexity index is 1440. The molecule has 1 heterocycles. The van der Waals surface area contributed by atoms with E-state index in [4.69, 9.17) is 14.2 Å². The molecule has 2 N–H and O–H groups in total. The zero-order valence-electron chi connectivity index (χ0n) is 23.6. The van der Waals surface area contributed by atoms with Crippen molar-refractivity contribution in [3.63, 3.8) is 0 Å². The quantitative estimate of drug-likeness (QED) is 0.248. The van der Waals surface area contributed by atoms with E-state index in [9.17, 15) is 14.7 Å². The van der Waals surface area contributed by atoms with Gasteiger partial charge < -0.3 is 24.6 Å². The minimum Gasteiger partial charge on any atom is -0.497 e. The number of aromatic nitrogens is 2. The topological polar surface area (TPSA) is 112 Å². The van der Waals surface area contributed by atoms with Gasteiger partial charge >= 0.3 is 5.69 Å². The third kappa shape index (κ3) is 6.48. The van der Waals surface area contributed by atoms with Crippen molar-refractivity contribution in [2.24, 2.45) is 5.92 Å². The van der Waals surface area contributed by atoms with E-state index in [1.54, 1.807) is 28.1 Å². The molecule has 0 aliphatic rings. The normalized spacial score (nSPS) is 12.1. The van der Waals surface area contributed by atoms with E-state index in [1.807, 2.05) is 78.9 Å². The molecule has 4 rings (SSSR count). The van der Waals surface area contributed by atoms with Crippen molar-refractivity contribution in [2.75, 3.05) is 32.8 Å². The van der Waals surface area contributed by atoms with E-state index in [0.29, 0.717) is 11.5 Å². The Labute approximate surface area is 239 Å². The van der Waals surface area contributed by atoms with Gasteiger partial charge in [-0.3, -0.25) is 9.36 Å². The van der Waals surface area contributed by atoms with Crippen molar-refractivity contribution < 1.29 is 24.1 Å². The summed E-state index contributed by atoms with van der Waals surface area (Å²) >= 11 is 0. The van der Waals surface area contributed by atoms with E-state index in [1.165, 1.54) is 16.8 Å². The first-order valence-electron chi connectivity index (χ1n) is 13.3. The zero-order chi connectivity index (χ0) is 29.4. The fraction of sp³-hybridized carbons (Fsp3) is 0.281. The second-order valence-corrected chi connectivity index (χ2v) is 9.80. The van der Waals surface area contributed by atoms with Crippen LogP contribution in [-0.4, -0.2) is 48.0 Å². The summed E-state index contributed by atoms with van der Waals surface area (Å²) in [5.41, 5.74) is 0.764. The fourth-order valence-corrected chi connectivity index (χ4v) is 4.55. The van der Waals surface area contributed by atoms with Crippen molar-refractivity contribution in [3.8, 4) is 11.5 Å². The van der Waals surface area contributed by atoms with Crippen molar-refractivity contribution in [1.29, 1.82) is 0 Å². The Morgan fingerprint density at radius 2 is 1.41 bits per heavy atom. The van der Waals surface area contributed by atoms with E-state index >= 15 is 0 Å². The summed E-state index contributed by atoms with van der Waals surface area (Å²) in [7, 11) is 3.22. The van der Waals surface area contributed by atoms with Gasteiger partial charge in [-0.1, -0.05) is 68.4 Å². The van der Waals surface area contributed by atoms with Crippen LogP contribution >= 0.6 is 0 Å². The van der Waals surface area contributed by atoms with Crippen molar-refractivity contribution in [2.45, 2.75) is 25.5 Å². The number of hydrogen-bond donors (Lipinski definition) is 2. The lowest BCUT2D eigenvalue weighted by Crippen LogP contribution is -2.38. The van der Waals surface area contributed by atoms with Crippen LogP contribution in [0.25, 0.3) is 0 Å². The summed E-state index contributed by atoms with van der Waals surface area (Å²) in [6, 6.07) is 25.7. The number of amides is 1. The molecule has 4 aromatic rings. The van der Waals surface area contributed by atoms with Crippen LogP contribution < -0.4 is 20.5 Å². The van der Waals surface area contributed by atoms with Gasteiger partial charge in [0, 0.05) is 12.1 Å². The average molecular weight is 558 g/mol. The molecule has 41 heavy (non-hydrogen) atoms.